The minimum absolute atomic E-state index is 0.161. The van der Waals surface area contributed by atoms with Crippen LogP contribution in [-0.4, -0.2) is 46.0 Å². The van der Waals surface area contributed by atoms with E-state index in [-0.39, 0.29) is 11.8 Å². The number of amides is 2. The third kappa shape index (κ3) is 3.94. The maximum atomic E-state index is 12.3. The molecule has 3 rings (SSSR count). The highest BCUT2D eigenvalue weighted by Gasteiger charge is 2.12. The molecule has 2 aromatic heterocycles. The van der Waals surface area contributed by atoms with Gasteiger partial charge in [0.2, 0.25) is 0 Å². The number of carbonyl (C=O) groups excluding carboxylic acids is 2. The fourth-order valence-electron chi connectivity index (χ4n) is 2.36. The Kier molecular flexibility index (Phi) is 5.07. The van der Waals surface area contributed by atoms with Crippen molar-refractivity contribution in [2.75, 3.05) is 14.1 Å². The summed E-state index contributed by atoms with van der Waals surface area (Å²) < 4.78 is 0. The number of hydrogen-bond acceptors (Lipinski definition) is 4. The third-order valence-electron chi connectivity index (χ3n) is 3.80. The molecule has 26 heavy (non-hydrogen) atoms. The van der Waals surface area contributed by atoms with Gasteiger partial charge in [-0.1, -0.05) is 36.4 Å². The molecular weight excluding hydrogens is 330 g/mol. The Balaban J connectivity index is 1.61. The molecule has 2 amide bonds. The fraction of sp³-hybridized carbons (Fsp3) is 0.158. The van der Waals surface area contributed by atoms with E-state index in [2.05, 4.69) is 20.5 Å². The largest absolute Gasteiger partial charge is 0.347 e. The lowest BCUT2D eigenvalue weighted by Gasteiger charge is -2.09. The van der Waals surface area contributed by atoms with Crippen LogP contribution < -0.4 is 5.32 Å². The van der Waals surface area contributed by atoms with Gasteiger partial charge in [0.1, 0.15) is 11.4 Å². The maximum absolute atomic E-state index is 12.3. The molecule has 0 aliphatic heterocycles. The molecule has 0 aliphatic rings. The molecule has 0 fully saturated rings. The van der Waals surface area contributed by atoms with Crippen LogP contribution in [0.1, 0.15) is 26.5 Å². The first-order valence-electron chi connectivity index (χ1n) is 8.10. The first-order valence-corrected chi connectivity index (χ1v) is 8.10. The second-order valence-corrected chi connectivity index (χ2v) is 5.97. The minimum Gasteiger partial charge on any atom is -0.347 e. The summed E-state index contributed by atoms with van der Waals surface area (Å²) in [4.78, 5) is 29.7. The number of aromatic amines is 1. The smallest absolute Gasteiger partial charge is 0.271 e. The second-order valence-electron chi connectivity index (χ2n) is 5.97. The molecule has 1 aromatic carbocycles. The van der Waals surface area contributed by atoms with Gasteiger partial charge in [0.25, 0.3) is 11.8 Å². The van der Waals surface area contributed by atoms with Gasteiger partial charge in [-0.2, -0.15) is 5.10 Å². The van der Waals surface area contributed by atoms with Gasteiger partial charge in [0.05, 0.1) is 5.69 Å². The average molecular weight is 349 g/mol. The summed E-state index contributed by atoms with van der Waals surface area (Å²) in [6, 6.07) is 14.7. The van der Waals surface area contributed by atoms with E-state index in [0.717, 1.165) is 11.1 Å². The van der Waals surface area contributed by atoms with Crippen LogP contribution in [0.2, 0.25) is 0 Å². The number of nitrogens with one attached hydrogen (secondary N) is 2. The number of rotatable bonds is 5. The van der Waals surface area contributed by atoms with Crippen molar-refractivity contribution in [3.63, 3.8) is 0 Å². The molecule has 0 spiro atoms. The molecule has 2 heterocycles. The van der Waals surface area contributed by atoms with Gasteiger partial charge in [-0.05, 0) is 17.7 Å². The van der Waals surface area contributed by atoms with Crippen LogP contribution in [0.15, 0.2) is 54.7 Å². The molecule has 7 nitrogen and oxygen atoms in total. The Hall–Kier alpha value is -3.48. The summed E-state index contributed by atoms with van der Waals surface area (Å²) in [5.41, 5.74) is 3.20. The van der Waals surface area contributed by atoms with E-state index in [1.54, 1.807) is 38.5 Å². The SMILES string of the molecule is CN(C)C(=O)c1ccc(CNC(=O)c2cc(-c3ccccc3)n[nH]2)cn1. The number of hydrogen-bond donors (Lipinski definition) is 2. The Morgan fingerprint density at radius 2 is 1.88 bits per heavy atom. The molecule has 0 saturated heterocycles. The normalized spacial score (nSPS) is 10.4. The highest BCUT2D eigenvalue weighted by molar-refractivity contribution is 5.93. The number of aromatic nitrogens is 3. The van der Waals surface area contributed by atoms with Crippen molar-refractivity contribution in [1.82, 2.24) is 25.4 Å². The number of pyridine rings is 1. The zero-order chi connectivity index (χ0) is 18.5. The lowest BCUT2D eigenvalue weighted by atomic mass is 10.1. The van der Waals surface area contributed by atoms with Crippen molar-refractivity contribution in [1.29, 1.82) is 0 Å². The topological polar surface area (TPSA) is 91.0 Å². The Morgan fingerprint density at radius 3 is 2.54 bits per heavy atom. The molecular formula is C19H19N5O2. The van der Waals surface area contributed by atoms with E-state index in [1.165, 1.54) is 4.90 Å². The predicted octanol–water partition coefficient (Wildman–Crippen LogP) is 2.10. The summed E-state index contributed by atoms with van der Waals surface area (Å²) >= 11 is 0. The van der Waals surface area contributed by atoms with Gasteiger partial charge in [-0.3, -0.25) is 19.7 Å². The summed E-state index contributed by atoms with van der Waals surface area (Å²) in [5.74, 6) is -0.417. The highest BCUT2D eigenvalue weighted by Crippen LogP contribution is 2.16. The van der Waals surface area contributed by atoms with E-state index in [4.69, 9.17) is 0 Å². The Morgan fingerprint density at radius 1 is 1.12 bits per heavy atom. The quantitative estimate of drug-likeness (QED) is 0.738. The van der Waals surface area contributed by atoms with Gasteiger partial charge in [0.15, 0.2) is 0 Å². The van der Waals surface area contributed by atoms with Crippen molar-refractivity contribution in [3.05, 3.63) is 71.7 Å². The monoisotopic (exact) mass is 349 g/mol. The van der Waals surface area contributed by atoms with Crippen LogP contribution in [0.5, 0.6) is 0 Å². The Labute approximate surface area is 151 Å². The standard InChI is InChI=1S/C19H19N5O2/c1-24(2)19(26)15-9-8-13(11-20-15)12-21-18(25)17-10-16(22-23-17)14-6-4-3-5-7-14/h3-11H,12H2,1-2H3,(H,21,25)(H,22,23). The summed E-state index contributed by atoms with van der Waals surface area (Å²) in [5, 5.41) is 9.72. The fourth-order valence-corrected chi connectivity index (χ4v) is 2.36. The molecule has 2 N–H and O–H groups in total. The minimum atomic E-state index is -0.256. The van der Waals surface area contributed by atoms with Gasteiger partial charge in [-0.25, -0.2) is 0 Å². The molecule has 7 heteroatoms. The van der Waals surface area contributed by atoms with Crippen LogP contribution in [0.3, 0.4) is 0 Å². The second kappa shape index (κ2) is 7.60. The van der Waals surface area contributed by atoms with Gasteiger partial charge in [0, 0.05) is 32.4 Å². The number of carbonyl (C=O) groups is 2. The van der Waals surface area contributed by atoms with Gasteiger partial charge < -0.3 is 10.2 Å². The van der Waals surface area contributed by atoms with Crippen molar-refractivity contribution < 1.29 is 9.59 Å². The van der Waals surface area contributed by atoms with Crippen molar-refractivity contribution in [2.45, 2.75) is 6.54 Å². The molecule has 0 unspecified atom stereocenters. The molecule has 0 radical (unpaired) electrons. The number of H-pyrrole nitrogens is 1. The van der Waals surface area contributed by atoms with E-state index in [0.29, 0.717) is 23.6 Å². The molecule has 0 saturated carbocycles. The maximum Gasteiger partial charge on any atom is 0.271 e. The molecule has 0 bridgehead atoms. The molecule has 0 aliphatic carbocycles. The van der Waals surface area contributed by atoms with Gasteiger partial charge >= 0.3 is 0 Å². The zero-order valence-electron chi connectivity index (χ0n) is 14.6. The van der Waals surface area contributed by atoms with Crippen molar-refractivity contribution >= 4 is 11.8 Å². The van der Waals surface area contributed by atoms with Gasteiger partial charge in [-0.15, -0.1) is 0 Å². The van der Waals surface area contributed by atoms with Crippen LogP contribution in [0.25, 0.3) is 11.3 Å². The number of nitrogens with zero attached hydrogens (tertiary/aromatic N) is 3. The molecule has 3 aromatic rings. The summed E-state index contributed by atoms with van der Waals surface area (Å²) in [6.07, 6.45) is 1.58. The zero-order valence-corrected chi connectivity index (χ0v) is 14.6. The summed E-state index contributed by atoms with van der Waals surface area (Å²) in [7, 11) is 3.35. The highest BCUT2D eigenvalue weighted by atomic mass is 16.2. The predicted molar refractivity (Wildman–Crippen MR) is 97.4 cm³/mol. The lowest BCUT2D eigenvalue weighted by molar-refractivity contribution is 0.0821. The third-order valence-corrected chi connectivity index (χ3v) is 3.80. The van der Waals surface area contributed by atoms with E-state index >= 15 is 0 Å². The molecule has 132 valence electrons. The number of benzene rings is 1. The van der Waals surface area contributed by atoms with Crippen LogP contribution in [0.4, 0.5) is 0 Å². The van der Waals surface area contributed by atoms with E-state index < -0.39 is 0 Å². The summed E-state index contributed by atoms with van der Waals surface area (Å²) in [6.45, 7) is 0.307. The first-order chi connectivity index (χ1) is 12.5. The first kappa shape index (κ1) is 17.3. The lowest BCUT2D eigenvalue weighted by Crippen LogP contribution is -2.24. The Bertz CT molecular complexity index is 901. The molecule has 0 atom stereocenters. The van der Waals surface area contributed by atoms with Crippen molar-refractivity contribution in [2.24, 2.45) is 0 Å². The van der Waals surface area contributed by atoms with Crippen LogP contribution in [-0.2, 0) is 6.54 Å². The average Bonchev–Trinajstić information content (AvgIpc) is 3.17. The van der Waals surface area contributed by atoms with Crippen LogP contribution in [0, 0.1) is 0 Å². The van der Waals surface area contributed by atoms with Crippen molar-refractivity contribution in [3.8, 4) is 11.3 Å². The van der Waals surface area contributed by atoms with E-state index in [1.807, 2.05) is 30.3 Å². The van der Waals surface area contributed by atoms with E-state index in [9.17, 15) is 9.59 Å². The van der Waals surface area contributed by atoms with Crippen LogP contribution >= 0.6 is 0 Å².